The van der Waals surface area contributed by atoms with Crippen molar-refractivity contribution in [3.8, 4) is 67.1 Å². The smallest absolute Gasteiger partial charge is 0.135 e. The molecule has 0 radical (unpaired) electrons. The molecule has 1 spiro atoms. The zero-order valence-corrected chi connectivity index (χ0v) is 33.4. The molecule has 9 aromatic carbocycles. The standard InChI is InChI=1S/C58H39NO/c1-57(2)49-22-10-5-17-41(49)45-30-27-37(34-53(45)57)59(36-29-32-56-48(33-36)40-16-4-3-15-39(40)47-21-9-14-26-55(47)60-56)38-28-31-46-44-20-8-13-25-52(44)58(54(46)35-38)50-23-11-6-18-42(50)43-19-7-12-24-51(43)58/h3-35H,1-2H3. The topological polar surface area (TPSA) is 12.5 Å². The Morgan fingerprint density at radius 2 is 0.683 bits per heavy atom. The Hall–Kier alpha value is -7.42. The third-order valence-corrected chi connectivity index (χ3v) is 13.9. The number of hydrogen-bond donors (Lipinski definition) is 0. The van der Waals surface area contributed by atoms with Gasteiger partial charge in [0.05, 0.1) is 5.41 Å². The van der Waals surface area contributed by atoms with E-state index in [0.29, 0.717) is 0 Å². The molecule has 0 aromatic heterocycles. The van der Waals surface area contributed by atoms with Gasteiger partial charge in [0.1, 0.15) is 11.5 Å². The summed E-state index contributed by atoms with van der Waals surface area (Å²) < 4.78 is 6.76. The molecule has 60 heavy (non-hydrogen) atoms. The molecule has 0 fully saturated rings. The molecular weight excluding hydrogens is 727 g/mol. The van der Waals surface area contributed by atoms with Crippen LogP contribution in [-0.2, 0) is 10.8 Å². The summed E-state index contributed by atoms with van der Waals surface area (Å²) in [6.07, 6.45) is 0. The second kappa shape index (κ2) is 12.1. The summed E-state index contributed by atoms with van der Waals surface area (Å²) in [6.45, 7) is 4.73. The second-order valence-corrected chi connectivity index (χ2v) is 17.2. The molecule has 1 aliphatic heterocycles. The van der Waals surface area contributed by atoms with Crippen LogP contribution in [-0.4, -0.2) is 0 Å². The van der Waals surface area contributed by atoms with E-state index in [2.05, 4.69) is 219 Å². The predicted octanol–water partition coefficient (Wildman–Crippen LogP) is 15.2. The van der Waals surface area contributed by atoms with Crippen LogP contribution in [0.4, 0.5) is 17.1 Å². The molecule has 2 nitrogen and oxygen atoms in total. The lowest BCUT2D eigenvalue weighted by atomic mass is 9.70. The Labute approximate surface area is 350 Å². The monoisotopic (exact) mass is 765 g/mol. The van der Waals surface area contributed by atoms with Crippen LogP contribution in [0.15, 0.2) is 200 Å². The van der Waals surface area contributed by atoms with Crippen molar-refractivity contribution in [1.82, 2.24) is 0 Å². The van der Waals surface area contributed by atoms with Gasteiger partial charge in [-0.15, -0.1) is 0 Å². The van der Waals surface area contributed by atoms with Gasteiger partial charge in [-0.2, -0.15) is 0 Å². The van der Waals surface area contributed by atoms with Gasteiger partial charge in [0, 0.05) is 33.6 Å². The molecule has 13 rings (SSSR count). The summed E-state index contributed by atoms with van der Waals surface area (Å²) in [5, 5.41) is 0. The number of nitrogens with zero attached hydrogens (tertiary/aromatic N) is 1. The van der Waals surface area contributed by atoms with Crippen molar-refractivity contribution in [3.63, 3.8) is 0 Å². The molecule has 4 aliphatic rings. The summed E-state index contributed by atoms with van der Waals surface area (Å²) in [4.78, 5) is 2.48. The maximum atomic E-state index is 6.76. The van der Waals surface area contributed by atoms with Gasteiger partial charge in [-0.05, 0) is 126 Å². The largest absolute Gasteiger partial charge is 0.456 e. The van der Waals surface area contributed by atoms with Crippen LogP contribution in [0.5, 0.6) is 11.5 Å². The summed E-state index contributed by atoms with van der Waals surface area (Å²) in [6, 6.07) is 74.2. The van der Waals surface area contributed by atoms with E-state index in [1.54, 1.807) is 0 Å². The zero-order valence-electron chi connectivity index (χ0n) is 33.4. The fraction of sp³-hybridized carbons (Fsp3) is 0.0690. The van der Waals surface area contributed by atoms with Crippen LogP contribution >= 0.6 is 0 Å². The van der Waals surface area contributed by atoms with E-state index in [0.717, 1.165) is 45.3 Å². The Morgan fingerprint density at radius 1 is 0.300 bits per heavy atom. The van der Waals surface area contributed by atoms with Crippen LogP contribution in [0.25, 0.3) is 55.6 Å². The van der Waals surface area contributed by atoms with E-state index in [-0.39, 0.29) is 5.41 Å². The average molecular weight is 766 g/mol. The van der Waals surface area contributed by atoms with Crippen LogP contribution in [0.2, 0.25) is 0 Å². The maximum absolute atomic E-state index is 6.76. The molecule has 9 aromatic rings. The molecule has 0 bridgehead atoms. The lowest BCUT2D eigenvalue weighted by Gasteiger charge is -2.32. The van der Waals surface area contributed by atoms with Gasteiger partial charge in [-0.1, -0.05) is 166 Å². The highest BCUT2D eigenvalue weighted by Gasteiger charge is 2.51. The van der Waals surface area contributed by atoms with Gasteiger partial charge in [-0.3, -0.25) is 0 Å². The first-order valence-electron chi connectivity index (χ1n) is 21.0. The number of anilines is 3. The zero-order chi connectivity index (χ0) is 39.7. The van der Waals surface area contributed by atoms with E-state index in [4.69, 9.17) is 4.74 Å². The average Bonchev–Trinajstić information content (AvgIpc) is 3.81. The SMILES string of the molecule is CC1(C)c2ccccc2-c2ccc(N(c3ccc4c(c3)-c3ccccc3-c3ccccc3O4)c3ccc4c(c3)C3(c5ccccc5-c5ccccc53)c3ccccc3-4)cc21. The Morgan fingerprint density at radius 3 is 1.28 bits per heavy atom. The van der Waals surface area contributed by atoms with Gasteiger partial charge in [0.25, 0.3) is 0 Å². The first-order valence-corrected chi connectivity index (χ1v) is 21.0. The first kappa shape index (κ1) is 33.5. The molecule has 0 unspecified atom stereocenters. The van der Waals surface area contributed by atoms with Crippen molar-refractivity contribution in [1.29, 1.82) is 0 Å². The van der Waals surface area contributed by atoms with E-state index in [1.165, 1.54) is 72.3 Å². The van der Waals surface area contributed by atoms with Crippen molar-refractivity contribution in [3.05, 3.63) is 234 Å². The summed E-state index contributed by atoms with van der Waals surface area (Å²) in [5.41, 5.74) is 23.1. The summed E-state index contributed by atoms with van der Waals surface area (Å²) in [5.74, 6) is 1.72. The maximum Gasteiger partial charge on any atom is 0.135 e. The number of para-hydroxylation sites is 1. The minimum absolute atomic E-state index is 0.152. The van der Waals surface area contributed by atoms with Crippen LogP contribution in [0.3, 0.4) is 0 Å². The van der Waals surface area contributed by atoms with E-state index in [1.807, 2.05) is 0 Å². The highest BCUT2D eigenvalue weighted by Crippen LogP contribution is 2.63. The minimum Gasteiger partial charge on any atom is -0.456 e. The van der Waals surface area contributed by atoms with Gasteiger partial charge in [0.2, 0.25) is 0 Å². The first-order chi connectivity index (χ1) is 29.5. The van der Waals surface area contributed by atoms with Gasteiger partial charge in [0.15, 0.2) is 0 Å². The number of benzene rings is 9. The third kappa shape index (κ3) is 4.32. The summed E-state index contributed by atoms with van der Waals surface area (Å²) >= 11 is 0. The van der Waals surface area contributed by atoms with E-state index in [9.17, 15) is 0 Å². The van der Waals surface area contributed by atoms with Crippen LogP contribution in [0.1, 0.15) is 47.2 Å². The fourth-order valence-corrected chi connectivity index (χ4v) is 11.3. The molecule has 1 heterocycles. The Balaban J connectivity index is 1.07. The second-order valence-electron chi connectivity index (χ2n) is 17.2. The van der Waals surface area contributed by atoms with Crippen LogP contribution < -0.4 is 9.64 Å². The van der Waals surface area contributed by atoms with Crippen molar-refractivity contribution >= 4 is 17.1 Å². The lowest BCUT2D eigenvalue weighted by molar-refractivity contribution is 0.488. The molecule has 2 heteroatoms. The number of rotatable bonds is 3. The Bertz CT molecular complexity index is 3230. The number of ether oxygens (including phenoxy) is 1. The van der Waals surface area contributed by atoms with Gasteiger partial charge >= 0.3 is 0 Å². The molecular formula is C58H39NO. The molecule has 0 atom stereocenters. The molecule has 0 saturated carbocycles. The normalized spacial score (nSPS) is 14.6. The highest BCUT2D eigenvalue weighted by molar-refractivity contribution is 5.98. The molecule has 282 valence electrons. The lowest BCUT2D eigenvalue weighted by Crippen LogP contribution is -2.26. The van der Waals surface area contributed by atoms with Gasteiger partial charge in [-0.25, -0.2) is 0 Å². The summed E-state index contributed by atoms with van der Waals surface area (Å²) in [7, 11) is 0. The van der Waals surface area contributed by atoms with Crippen molar-refractivity contribution < 1.29 is 4.74 Å². The van der Waals surface area contributed by atoms with E-state index >= 15 is 0 Å². The van der Waals surface area contributed by atoms with Crippen LogP contribution in [0, 0.1) is 0 Å². The molecule has 0 amide bonds. The van der Waals surface area contributed by atoms with Crippen molar-refractivity contribution in [2.75, 3.05) is 4.90 Å². The Kier molecular flexibility index (Phi) is 6.74. The highest BCUT2D eigenvalue weighted by atomic mass is 16.5. The minimum atomic E-state index is -0.450. The number of hydrogen-bond acceptors (Lipinski definition) is 2. The fourth-order valence-electron chi connectivity index (χ4n) is 11.3. The predicted molar refractivity (Wildman–Crippen MR) is 246 cm³/mol. The number of fused-ring (bicyclic) bond motifs is 18. The molecule has 0 N–H and O–H groups in total. The van der Waals surface area contributed by atoms with Crippen molar-refractivity contribution in [2.45, 2.75) is 24.7 Å². The molecule has 0 saturated heterocycles. The quantitative estimate of drug-likeness (QED) is 0.178. The van der Waals surface area contributed by atoms with Gasteiger partial charge < -0.3 is 9.64 Å². The van der Waals surface area contributed by atoms with E-state index < -0.39 is 5.41 Å². The van der Waals surface area contributed by atoms with Crippen molar-refractivity contribution in [2.24, 2.45) is 0 Å². The third-order valence-electron chi connectivity index (χ3n) is 13.9. The molecule has 3 aliphatic carbocycles.